The van der Waals surface area contributed by atoms with Crippen LogP contribution in [-0.2, 0) is 9.59 Å². The minimum absolute atomic E-state index is 0.0145. The lowest BCUT2D eigenvalue weighted by molar-refractivity contribution is -0.115. The summed E-state index contributed by atoms with van der Waals surface area (Å²) in [5.74, 6) is -1.10. The van der Waals surface area contributed by atoms with Crippen LogP contribution in [-0.4, -0.2) is 18.7 Å². The van der Waals surface area contributed by atoms with Gasteiger partial charge in [0.25, 0.3) is 0 Å². The molecule has 0 aliphatic rings. The second-order valence-corrected chi connectivity index (χ2v) is 5.81. The zero-order valence-electron chi connectivity index (χ0n) is 14.8. The van der Waals surface area contributed by atoms with Crippen molar-refractivity contribution in [3.63, 3.8) is 0 Å². The average Bonchev–Trinajstić information content (AvgIpc) is 2.64. The summed E-state index contributed by atoms with van der Waals surface area (Å²) < 4.78 is 13.4. The van der Waals surface area contributed by atoms with Crippen LogP contribution in [0.4, 0.5) is 10.1 Å². The van der Waals surface area contributed by atoms with Crippen LogP contribution in [0.15, 0.2) is 66.6 Å². The van der Waals surface area contributed by atoms with Crippen molar-refractivity contribution in [3.8, 4) is 0 Å². The lowest BCUT2D eigenvalue weighted by atomic mass is 10.1. The minimum atomic E-state index is -0.887. The van der Waals surface area contributed by atoms with Gasteiger partial charge in [0.15, 0.2) is 12.1 Å². The summed E-state index contributed by atoms with van der Waals surface area (Å²) in [6, 6.07) is 14.8. The number of aldehydes is 1. The van der Waals surface area contributed by atoms with E-state index in [2.05, 4.69) is 10.6 Å². The third kappa shape index (κ3) is 5.41. The van der Waals surface area contributed by atoms with Gasteiger partial charge in [0.1, 0.15) is 0 Å². The van der Waals surface area contributed by atoms with Gasteiger partial charge in [0, 0.05) is 17.5 Å². The zero-order chi connectivity index (χ0) is 18.9. The molecule has 2 aromatic carbocycles. The van der Waals surface area contributed by atoms with Crippen LogP contribution in [0.3, 0.4) is 0 Å². The predicted octanol–water partition coefficient (Wildman–Crippen LogP) is 3.92. The molecule has 134 valence electrons. The first-order chi connectivity index (χ1) is 12.5. The number of carbonyl (C=O) groups excluding carboxylic acids is 2. The van der Waals surface area contributed by atoms with E-state index >= 15 is 0 Å². The molecular formula is C21H21FN2O2. The number of anilines is 1. The van der Waals surface area contributed by atoms with Crippen LogP contribution in [0.25, 0.3) is 5.57 Å². The van der Waals surface area contributed by atoms with Gasteiger partial charge in [-0.2, -0.15) is 0 Å². The third-order valence-corrected chi connectivity index (χ3v) is 3.78. The Morgan fingerprint density at radius 1 is 1.04 bits per heavy atom. The molecule has 26 heavy (non-hydrogen) atoms. The van der Waals surface area contributed by atoms with Crippen LogP contribution in [0, 0.1) is 13.8 Å². The maximum atomic E-state index is 13.4. The van der Waals surface area contributed by atoms with Gasteiger partial charge in [-0.05, 0) is 36.6 Å². The molecule has 0 fully saturated rings. The summed E-state index contributed by atoms with van der Waals surface area (Å²) >= 11 is 0. The Balaban J connectivity index is 2.08. The lowest BCUT2D eigenvalue weighted by Crippen LogP contribution is -2.25. The largest absolute Gasteiger partial charge is 0.382 e. The molecule has 2 aromatic rings. The highest BCUT2D eigenvalue weighted by molar-refractivity contribution is 5.94. The normalized spacial score (nSPS) is 11.8. The number of hydrogen-bond donors (Lipinski definition) is 2. The molecule has 0 aliphatic heterocycles. The van der Waals surface area contributed by atoms with Crippen LogP contribution >= 0.6 is 0 Å². The molecule has 0 saturated heterocycles. The van der Waals surface area contributed by atoms with Crippen molar-refractivity contribution in [1.29, 1.82) is 0 Å². The Kier molecular flexibility index (Phi) is 6.85. The van der Waals surface area contributed by atoms with E-state index in [4.69, 9.17) is 0 Å². The van der Waals surface area contributed by atoms with Crippen LogP contribution in [0.1, 0.15) is 16.7 Å². The van der Waals surface area contributed by atoms with Crippen molar-refractivity contribution in [2.75, 3.05) is 11.9 Å². The first-order valence-electron chi connectivity index (χ1n) is 8.18. The number of nitrogens with one attached hydrogen (secondary N) is 2. The molecule has 0 aliphatic carbocycles. The van der Waals surface area contributed by atoms with Crippen molar-refractivity contribution in [2.24, 2.45) is 0 Å². The second kappa shape index (κ2) is 9.32. The summed E-state index contributed by atoms with van der Waals surface area (Å²) in [7, 11) is 0. The van der Waals surface area contributed by atoms with Crippen LogP contribution in [0.5, 0.6) is 0 Å². The fraction of sp³-hybridized carbons (Fsp3) is 0.143. The Hall–Kier alpha value is -3.21. The van der Waals surface area contributed by atoms with Crippen molar-refractivity contribution >= 4 is 23.5 Å². The molecule has 1 amide bonds. The Labute approximate surface area is 152 Å². The van der Waals surface area contributed by atoms with E-state index in [1.54, 1.807) is 12.1 Å². The van der Waals surface area contributed by atoms with E-state index in [1.807, 2.05) is 50.2 Å². The standard InChI is InChI=1S/C21H21FN2O2/c1-15-7-6-8-16(2)21(15)24-20(26)13-23-12-18(11-19(22)14-25)17-9-4-3-5-10-17/h3-12,14,23H,13H2,1-2H3,(H,24,26)/b18-12+,19-11+. The van der Waals surface area contributed by atoms with E-state index in [9.17, 15) is 14.0 Å². The number of hydrogen-bond acceptors (Lipinski definition) is 3. The Morgan fingerprint density at radius 3 is 2.31 bits per heavy atom. The molecule has 0 atom stereocenters. The topological polar surface area (TPSA) is 58.2 Å². The fourth-order valence-corrected chi connectivity index (χ4v) is 2.47. The average molecular weight is 352 g/mol. The van der Waals surface area contributed by atoms with Gasteiger partial charge in [0.05, 0.1) is 6.54 Å². The number of rotatable bonds is 7. The van der Waals surface area contributed by atoms with Crippen LogP contribution in [0.2, 0.25) is 0 Å². The van der Waals surface area contributed by atoms with E-state index < -0.39 is 5.83 Å². The van der Waals surface area contributed by atoms with E-state index in [-0.39, 0.29) is 18.7 Å². The molecule has 0 radical (unpaired) electrons. The number of halogens is 1. The van der Waals surface area contributed by atoms with E-state index in [1.165, 1.54) is 6.20 Å². The summed E-state index contributed by atoms with van der Waals surface area (Å²) in [6.07, 6.45) is 2.78. The summed E-state index contributed by atoms with van der Waals surface area (Å²) in [5.41, 5.74) is 3.95. The molecule has 0 spiro atoms. The van der Waals surface area contributed by atoms with Gasteiger partial charge in [-0.15, -0.1) is 0 Å². The van der Waals surface area contributed by atoms with Crippen molar-refractivity contribution in [2.45, 2.75) is 13.8 Å². The zero-order valence-corrected chi connectivity index (χ0v) is 14.8. The first-order valence-corrected chi connectivity index (χ1v) is 8.18. The van der Waals surface area contributed by atoms with E-state index in [0.29, 0.717) is 5.57 Å². The smallest absolute Gasteiger partial charge is 0.243 e. The third-order valence-electron chi connectivity index (χ3n) is 3.78. The van der Waals surface area contributed by atoms with Gasteiger partial charge in [-0.1, -0.05) is 48.5 Å². The van der Waals surface area contributed by atoms with Crippen molar-refractivity contribution in [1.82, 2.24) is 5.32 Å². The molecule has 0 aromatic heterocycles. The number of benzene rings is 2. The quantitative estimate of drug-likeness (QED) is 0.451. The van der Waals surface area contributed by atoms with Gasteiger partial charge in [0.2, 0.25) is 5.91 Å². The Bertz CT molecular complexity index is 822. The highest BCUT2D eigenvalue weighted by Crippen LogP contribution is 2.19. The molecule has 2 N–H and O–H groups in total. The molecule has 0 heterocycles. The van der Waals surface area contributed by atoms with Gasteiger partial charge in [-0.25, -0.2) is 4.39 Å². The molecular weight excluding hydrogens is 331 g/mol. The molecule has 2 rings (SSSR count). The summed E-state index contributed by atoms with van der Waals surface area (Å²) in [6.45, 7) is 3.87. The second-order valence-electron chi connectivity index (χ2n) is 5.81. The number of aryl methyl sites for hydroxylation is 2. The van der Waals surface area contributed by atoms with Crippen molar-refractivity contribution in [3.05, 3.63) is 83.3 Å². The van der Waals surface area contributed by atoms with E-state index in [0.717, 1.165) is 28.5 Å². The molecule has 5 heteroatoms. The maximum absolute atomic E-state index is 13.4. The number of carbonyl (C=O) groups is 2. The van der Waals surface area contributed by atoms with Crippen LogP contribution < -0.4 is 10.6 Å². The Morgan fingerprint density at radius 2 is 1.69 bits per heavy atom. The highest BCUT2D eigenvalue weighted by atomic mass is 19.1. The predicted molar refractivity (Wildman–Crippen MR) is 102 cm³/mol. The summed E-state index contributed by atoms with van der Waals surface area (Å²) in [5, 5.41) is 5.74. The highest BCUT2D eigenvalue weighted by Gasteiger charge is 2.07. The molecule has 0 unspecified atom stereocenters. The van der Waals surface area contributed by atoms with Gasteiger partial charge < -0.3 is 10.6 Å². The van der Waals surface area contributed by atoms with Gasteiger partial charge in [-0.3, -0.25) is 9.59 Å². The first kappa shape index (κ1) is 19.1. The number of amides is 1. The SMILES string of the molecule is Cc1cccc(C)c1NC(=O)CN/C=C(\C=C(\F)C=O)c1ccccc1. The number of para-hydroxylation sites is 1. The molecule has 0 bridgehead atoms. The molecule has 0 saturated carbocycles. The number of allylic oxidation sites excluding steroid dienone is 3. The lowest BCUT2D eigenvalue weighted by Gasteiger charge is -2.11. The maximum Gasteiger partial charge on any atom is 0.243 e. The summed E-state index contributed by atoms with van der Waals surface area (Å²) in [4.78, 5) is 22.7. The monoisotopic (exact) mass is 352 g/mol. The molecule has 4 nitrogen and oxygen atoms in total. The van der Waals surface area contributed by atoms with Gasteiger partial charge >= 0.3 is 0 Å². The minimum Gasteiger partial charge on any atom is -0.382 e. The fourth-order valence-electron chi connectivity index (χ4n) is 2.47. The van der Waals surface area contributed by atoms with Crippen molar-refractivity contribution < 1.29 is 14.0 Å².